The number of nitriles is 1. The maximum atomic E-state index is 12.8. The largest absolute Gasteiger partial charge is 0.346 e. The highest BCUT2D eigenvalue weighted by Crippen LogP contribution is 2.71. The summed E-state index contributed by atoms with van der Waals surface area (Å²) >= 11 is 0. The molecule has 0 aromatic heterocycles. The van der Waals surface area contributed by atoms with Crippen molar-refractivity contribution < 1.29 is 27.2 Å². The third-order valence-corrected chi connectivity index (χ3v) is 8.23. The zero-order valence-electron chi connectivity index (χ0n) is 12.4. The zero-order valence-corrected chi connectivity index (χ0v) is 14.2. The molecule has 0 aliphatic rings. The van der Waals surface area contributed by atoms with Crippen molar-refractivity contribution in [2.45, 2.75) is 39.5 Å². The molecule has 0 aromatic rings. The molecule has 0 unspecified atom stereocenters. The predicted molar refractivity (Wildman–Crippen MR) is 75.7 cm³/mol. The van der Waals surface area contributed by atoms with E-state index in [2.05, 4.69) is 0 Å². The van der Waals surface area contributed by atoms with Crippen LogP contribution < -0.4 is 0 Å². The van der Waals surface area contributed by atoms with E-state index in [1.54, 1.807) is 27.7 Å². The minimum Gasteiger partial charge on any atom is -0.308 e. The molecular weight excluding hydrogens is 304 g/mol. The molecule has 0 N–H and O–H groups in total. The second kappa shape index (κ2) is 9.68. The first-order valence-electron chi connectivity index (χ1n) is 6.58. The highest BCUT2D eigenvalue weighted by molar-refractivity contribution is 7.72. The first-order chi connectivity index (χ1) is 9.44. The van der Waals surface area contributed by atoms with Gasteiger partial charge in [-0.25, -0.2) is 0 Å². The Hall–Kier alpha value is -0.210. The average molecular weight is 327 g/mol. The maximum absolute atomic E-state index is 12.8. The van der Waals surface area contributed by atoms with Gasteiger partial charge >= 0.3 is 15.2 Å². The summed E-state index contributed by atoms with van der Waals surface area (Å²) < 4.78 is 46.2. The minimum atomic E-state index is -3.76. The Morgan fingerprint density at radius 3 is 1.35 bits per heavy atom. The first-order valence-corrected chi connectivity index (χ1v) is 9.80. The monoisotopic (exact) mass is 327 g/mol. The summed E-state index contributed by atoms with van der Waals surface area (Å²) in [5.74, 6) is 0. The Bertz CT molecular complexity index is 358. The van der Waals surface area contributed by atoms with Crippen LogP contribution in [0.1, 0.15) is 34.1 Å². The summed E-state index contributed by atoms with van der Waals surface area (Å²) in [5, 5.41) is 7.69. The van der Waals surface area contributed by atoms with Crippen LogP contribution >= 0.6 is 15.2 Å². The van der Waals surface area contributed by atoms with Gasteiger partial charge in [-0.15, -0.1) is 0 Å². The van der Waals surface area contributed by atoms with Crippen LogP contribution in [0.4, 0.5) is 0 Å². The summed E-state index contributed by atoms with van der Waals surface area (Å²) in [5.41, 5.74) is 0. The molecule has 7 nitrogen and oxygen atoms in total. The average Bonchev–Trinajstić information content (AvgIpc) is 2.36. The van der Waals surface area contributed by atoms with E-state index in [0.717, 1.165) is 0 Å². The van der Waals surface area contributed by atoms with E-state index in [0.29, 0.717) is 0 Å². The lowest BCUT2D eigenvalue weighted by Gasteiger charge is -2.29. The van der Waals surface area contributed by atoms with Gasteiger partial charge in [0.15, 0.2) is 5.40 Å². The van der Waals surface area contributed by atoms with Gasteiger partial charge < -0.3 is 18.1 Å². The van der Waals surface area contributed by atoms with Gasteiger partial charge in [0.25, 0.3) is 0 Å². The van der Waals surface area contributed by atoms with E-state index in [1.807, 2.05) is 6.07 Å². The van der Waals surface area contributed by atoms with Crippen molar-refractivity contribution in [1.82, 2.24) is 0 Å². The Morgan fingerprint density at radius 1 is 0.850 bits per heavy atom. The topological polar surface area (TPSA) is 94.9 Å². The molecule has 0 bridgehead atoms. The Kier molecular flexibility index (Phi) is 9.58. The molecule has 0 spiro atoms. The molecule has 0 rings (SSSR count). The van der Waals surface area contributed by atoms with Crippen LogP contribution in [-0.2, 0) is 27.2 Å². The van der Waals surface area contributed by atoms with E-state index in [-0.39, 0.29) is 32.8 Å². The quantitative estimate of drug-likeness (QED) is 0.533. The molecule has 0 aliphatic carbocycles. The highest BCUT2D eigenvalue weighted by atomic mass is 31.2. The van der Waals surface area contributed by atoms with Crippen molar-refractivity contribution in [3.05, 3.63) is 0 Å². The summed E-state index contributed by atoms with van der Waals surface area (Å²) in [6, 6.07) is 1.85. The molecule has 0 saturated carbocycles. The normalized spacial score (nSPS) is 12.6. The van der Waals surface area contributed by atoms with Gasteiger partial charge in [-0.05, 0) is 27.7 Å². The summed E-state index contributed by atoms with van der Waals surface area (Å²) in [7, 11) is -7.53. The van der Waals surface area contributed by atoms with Crippen molar-refractivity contribution >= 4 is 15.2 Å². The molecule has 0 atom stereocenters. The molecule has 0 aromatic carbocycles. The third kappa shape index (κ3) is 5.29. The maximum Gasteiger partial charge on any atom is 0.346 e. The molecule has 0 heterocycles. The van der Waals surface area contributed by atoms with Crippen molar-refractivity contribution in [2.24, 2.45) is 0 Å². The van der Waals surface area contributed by atoms with Gasteiger partial charge in [-0.1, -0.05) is 0 Å². The molecule has 0 fully saturated rings. The molecule has 9 heteroatoms. The number of hydrogen-bond donors (Lipinski definition) is 0. The fourth-order valence-corrected chi connectivity index (χ4v) is 6.69. The Labute approximate surface area is 120 Å². The van der Waals surface area contributed by atoms with Crippen LogP contribution in [0.2, 0.25) is 0 Å². The smallest absolute Gasteiger partial charge is 0.308 e. The van der Waals surface area contributed by atoms with Gasteiger partial charge in [0.05, 0.1) is 38.9 Å². The number of hydrogen-bond acceptors (Lipinski definition) is 7. The standard InChI is InChI=1S/C11H23NO6P2/c1-5-15-19(13,16-6-2)11(9-10-12)20(14,17-7-3)18-8-4/h11H,5-9H2,1-4H3. The van der Waals surface area contributed by atoms with Crippen LogP contribution in [0.25, 0.3) is 0 Å². The van der Waals surface area contributed by atoms with Crippen molar-refractivity contribution in [2.75, 3.05) is 26.4 Å². The highest BCUT2D eigenvalue weighted by Gasteiger charge is 2.50. The molecule has 0 amide bonds. The van der Waals surface area contributed by atoms with Gasteiger partial charge in [0, 0.05) is 0 Å². The molecule has 0 saturated heterocycles. The first kappa shape index (κ1) is 19.8. The fraction of sp³-hybridized carbons (Fsp3) is 0.909. The van der Waals surface area contributed by atoms with Crippen LogP contribution in [0.3, 0.4) is 0 Å². The van der Waals surface area contributed by atoms with Crippen LogP contribution in [-0.4, -0.2) is 31.8 Å². The van der Waals surface area contributed by atoms with E-state index in [9.17, 15) is 9.13 Å². The predicted octanol–water partition coefficient (Wildman–Crippen LogP) is 3.76. The van der Waals surface area contributed by atoms with Gasteiger partial charge in [-0.3, -0.25) is 9.13 Å². The van der Waals surface area contributed by atoms with Crippen molar-refractivity contribution in [3.8, 4) is 6.07 Å². The summed E-state index contributed by atoms with van der Waals surface area (Å²) in [4.78, 5) is 0. The van der Waals surface area contributed by atoms with Gasteiger partial charge in [-0.2, -0.15) is 5.26 Å². The number of rotatable bonds is 11. The molecule has 118 valence electrons. The van der Waals surface area contributed by atoms with Crippen LogP contribution in [0, 0.1) is 11.3 Å². The van der Waals surface area contributed by atoms with Crippen LogP contribution in [0.15, 0.2) is 0 Å². The SMILES string of the molecule is CCOP(=O)(OCC)C(CC#N)P(=O)(OCC)OCC. The van der Waals surface area contributed by atoms with E-state index < -0.39 is 20.6 Å². The number of nitrogens with zero attached hydrogens (tertiary/aromatic N) is 1. The zero-order chi connectivity index (χ0) is 15.6. The third-order valence-electron chi connectivity index (χ3n) is 2.24. The van der Waals surface area contributed by atoms with Crippen LogP contribution in [0.5, 0.6) is 0 Å². The Morgan fingerprint density at radius 2 is 1.15 bits per heavy atom. The van der Waals surface area contributed by atoms with Gasteiger partial charge in [0.2, 0.25) is 0 Å². The fourth-order valence-electron chi connectivity index (χ4n) is 1.62. The summed E-state index contributed by atoms with van der Waals surface area (Å²) in [6.07, 6.45) is -0.297. The second-order valence-corrected chi connectivity index (χ2v) is 8.44. The summed E-state index contributed by atoms with van der Waals surface area (Å²) in [6.45, 7) is 7.00. The molecular formula is C11H23NO6P2. The Balaban J connectivity index is 5.61. The molecule has 0 radical (unpaired) electrons. The molecule has 20 heavy (non-hydrogen) atoms. The lowest BCUT2D eigenvalue weighted by atomic mass is 10.5. The lowest BCUT2D eigenvalue weighted by molar-refractivity contribution is 0.195. The van der Waals surface area contributed by atoms with Crippen molar-refractivity contribution in [1.29, 1.82) is 5.26 Å². The second-order valence-electron chi connectivity index (χ2n) is 3.59. The lowest BCUT2D eigenvalue weighted by Crippen LogP contribution is -2.17. The molecule has 0 aliphatic heterocycles. The van der Waals surface area contributed by atoms with Crippen molar-refractivity contribution in [3.63, 3.8) is 0 Å². The van der Waals surface area contributed by atoms with E-state index >= 15 is 0 Å². The van der Waals surface area contributed by atoms with E-state index in [4.69, 9.17) is 23.4 Å². The van der Waals surface area contributed by atoms with E-state index in [1.165, 1.54) is 0 Å². The minimum absolute atomic E-state index is 0.109. The van der Waals surface area contributed by atoms with Gasteiger partial charge in [0.1, 0.15) is 0 Å².